The fraction of sp³-hybridized carbons (Fsp3) is 0.389. The zero-order valence-corrected chi connectivity index (χ0v) is 13.7. The molecule has 1 fully saturated rings. The van der Waals surface area contributed by atoms with Crippen molar-refractivity contribution in [3.05, 3.63) is 59.3 Å². The lowest BCUT2D eigenvalue weighted by Gasteiger charge is -2.21. The third-order valence-corrected chi connectivity index (χ3v) is 4.25. The number of furan rings is 1. The lowest BCUT2D eigenvalue weighted by atomic mass is 10.0. The largest absolute Gasteiger partial charge is 0.463 e. The van der Waals surface area contributed by atoms with Gasteiger partial charge in [-0.2, -0.15) is 0 Å². The van der Waals surface area contributed by atoms with E-state index in [0.717, 1.165) is 12.0 Å². The van der Waals surface area contributed by atoms with E-state index in [1.165, 1.54) is 12.1 Å². The summed E-state index contributed by atoms with van der Waals surface area (Å²) in [5.41, 5.74) is -0.393. The Morgan fingerprint density at radius 1 is 1.42 bits per heavy atom. The van der Waals surface area contributed by atoms with Crippen LogP contribution in [-0.2, 0) is 5.60 Å². The molecule has 128 valence electrons. The molecule has 2 aromatic rings. The zero-order chi connectivity index (χ0) is 17.3. The van der Waals surface area contributed by atoms with Crippen LogP contribution in [0.2, 0.25) is 0 Å². The average Bonchev–Trinajstić information content (AvgIpc) is 3.14. The maximum absolute atomic E-state index is 13.2. The molecule has 1 aromatic carbocycles. The Balaban J connectivity index is 1.49. The van der Waals surface area contributed by atoms with Crippen molar-refractivity contribution in [2.45, 2.75) is 37.8 Å². The van der Waals surface area contributed by atoms with Crippen molar-refractivity contribution in [3.8, 4) is 0 Å². The molecule has 1 aromatic heterocycles. The van der Waals surface area contributed by atoms with Crippen LogP contribution in [0.25, 0.3) is 0 Å². The van der Waals surface area contributed by atoms with E-state index in [-0.39, 0.29) is 30.4 Å². The first kappa shape index (κ1) is 16.5. The van der Waals surface area contributed by atoms with Gasteiger partial charge in [0.25, 0.3) is 0 Å². The highest BCUT2D eigenvalue weighted by molar-refractivity contribution is 5.75. The van der Waals surface area contributed by atoms with Crippen molar-refractivity contribution < 1.29 is 18.7 Å². The maximum Gasteiger partial charge on any atom is 0.315 e. The van der Waals surface area contributed by atoms with Gasteiger partial charge in [-0.25, -0.2) is 9.18 Å². The lowest BCUT2D eigenvalue weighted by Crippen LogP contribution is -2.44. The fourth-order valence-corrected chi connectivity index (χ4v) is 2.74. The molecule has 1 aliphatic carbocycles. The van der Waals surface area contributed by atoms with Gasteiger partial charge in [0.1, 0.15) is 22.9 Å². The quantitative estimate of drug-likeness (QED) is 0.788. The first-order valence-electron chi connectivity index (χ1n) is 7.94. The highest BCUT2D eigenvalue weighted by Crippen LogP contribution is 2.40. The Morgan fingerprint density at radius 2 is 2.21 bits per heavy atom. The minimum Gasteiger partial charge on any atom is -0.463 e. The predicted octanol–water partition coefficient (Wildman–Crippen LogP) is 2.79. The van der Waals surface area contributed by atoms with E-state index in [1.54, 1.807) is 32.0 Å². The second-order valence-corrected chi connectivity index (χ2v) is 6.51. The number of halogens is 1. The van der Waals surface area contributed by atoms with Crippen LogP contribution in [0.3, 0.4) is 0 Å². The monoisotopic (exact) mass is 332 g/mol. The highest BCUT2D eigenvalue weighted by Gasteiger charge is 2.40. The lowest BCUT2D eigenvalue weighted by molar-refractivity contribution is 0.0359. The molecule has 6 heteroatoms. The molecule has 5 nitrogen and oxygen atoms in total. The topological polar surface area (TPSA) is 74.5 Å². The molecule has 3 N–H and O–H groups in total. The average molecular weight is 332 g/mol. The molecule has 1 saturated carbocycles. The van der Waals surface area contributed by atoms with Crippen LogP contribution < -0.4 is 10.6 Å². The van der Waals surface area contributed by atoms with Gasteiger partial charge in [0.05, 0.1) is 6.54 Å². The predicted molar refractivity (Wildman–Crippen MR) is 87.1 cm³/mol. The van der Waals surface area contributed by atoms with Crippen LogP contribution in [0.4, 0.5) is 9.18 Å². The maximum atomic E-state index is 13.2. The molecule has 0 aliphatic heterocycles. The second-order valence-electron chi connectivity index (χ2n) is 6.51. The number of aliphatic hydroxyl groups is 1. The Labute approximate surface area is 139 Å². The summed E-state index contributed by atoms with van der Waals surface area (Å²) in [5.74, 6) is 0.974. The molecule has 0 unspecified atom stereocenters. The molecule has 1 aliphatic rings. The van der Waals surface area contributed by atoms with Gasteiger partial charge in [0.15, 0.2) is 0 Å². The summed E-state index contributed by atoms with van der Waals surface area (Å²) in [5, 5.41) is 15.9. The van der Waals surface area contributed by atoms with Gasteiger partial charge in [0, 0.05) is 12.0 Å². The molecule has 2 amide bonds. The highest BCUT2D eigenvalue weighted by atomic mass is 19.1. The number of rotatable bonds is 5. The van der Waals surface area contributed by atoms with Crippen LogP contribution in [0, 0.1) is 12.7 Å². The van der Waals surface area contributed by atoms with E-state index in [1.807, 2.05) is 6.07 Å². The fourth-order valence-electron chi connectivity index (χ4n) is 2.74. The smallest absolute Gasteiger partial charge is 0.315 e. The molecule has 3 rings (SSSR count). The summed E-state index contributed by atoms with van der Waals surface area (Å²) in [7, 11) is 0. The molecule has 1 heterocycles. The Hall–Kier alpha value is -2.34. The van der Waals surface area contributed by atoms with Crippen LogP contribution in [0.1, 0.15) is 36.3 Å². The van der Waals surface area contributed by atoms with Crippen molar-refractivity contribution in [1.82, 2.24) is 10.6 Å². The number of carbonyl (C=O) groups excluding carboxylic acids is 1. The van der Waals surface area contributed by atoms with Gasteiger partial charge in [0.2, 0.25) is 0 Å². The standard InChI is InChI=1S/C18H21FN2O3/c1-11-6-7-16(24-11)18(2,23)10-20-17(22)21-15-9-14(15)12-4-3-5-13(19)8-12/h3-8,14-15,23H,9-10H2,1-2H3,(H2,20,21,22)/t14-,15-,18+/m0/s1. The van der Waals surface area contributed by atoms with Crippen LogP contribution >= 0.6 is 0 Å². The van der Waals surface area contributed by atoms with E-state index in [2.05, 4.69) is 10.6 Å². The summed E-state index contributed by atoms with van der Waals surface area (Å²) >= 11 is 0. The third kappa shape index (κ3) is 3.76. The minimum absolute atomic E-state index is 0.0115. The number of nitrogens with one attached hydrogen (secondary N) is 2. The third-order valence-electron chi connectivity index (χ3n) is 4.25. The van der Waals surface area contributed by atoms with Crippen molar-refractivity contribution in [2.24, 2.45) is 0 Å². The zero-order valence-electron chi connectivity index (χ0n) is 13.7. The molecular formula is C18H21FN2O3. The Bertz CT molecular complexity index is 741. The molecule has 0 radical (unpaired) electrons. The summed E-state index contributed by atoms with van der Waals surface area (Å²) in [6.07, 6.45) is 0.782. The van der Waals surface area contributed by atoms with Gasteiger partial charge >= 0.3 is 6.03 Å². The van der Waals surface area contributed by atoms with Gasteiger partial charge < -0.3 is 20.2 Å². The first-order valence-corrected chi connectivity index (χ1v) is 7.94. The van der Waals surface area contributed by atoms with E-state index < -0.39 is 5.60 Å². The van der Waals surface area contributed by atoms with Crippen molar-refractivity contribution in [2.75, 3.05) is 6.54 Å². The van der Waals surface area contributed by atoms with E-state index in [0.29, 0.717) is 11.5 Å². The van der Waals surface area contributed by atoms with Crippen LogP contribution in [0.15, 0.2) is 40.8 Å². The molecular weight excluding hydrogens is 311 g/mol. The molecule has 0 saturated heterocycles. The van der Waals surface area contributed by atoms with E-state index >= 15 is 0 Å². The van der Waals surface area contributed by atoms with Crippen molar-refractivity contribution >= 4 is 6.03 Å². The summed E-state index contributed by atoms with van der Waals surface area (Å²) in [6, 6.07) is 9.51. The van der Waals surface area contributed by atoms with Gasteiger partial charge in [-0.05, 0) is 50.1 Å². The van der Waals surface area contributed by atoms with Crippen LogP contribution in [-0.4, -0.2) is 23.7 Å². The second kappa shape index (κ2) is 6.28. The van der Waals surface area contributed by atoms with Crippen LogP contribution in [0.5, 0.6) is 0 Å². The van der Waals surface area contributed by atoms with Gasteiger partial charge in [-0.15, -0.1) is 0 Å². The number of aryl methyl sites for hydroxylation is 1. The van der Waals surface area contributed by atoms with Crippen molar-refractivity contribution in [1.29, 1.82) is 0 Å². The summed E-state index contributed by atoms with van der Waals surface area (Å²) < 4.78 is 18.6. The Morgan fingerprint density at radius 3 is 2.88 bits per heavy atom. The number of urea groups is 1. The number of benzene rings is 1. The van der Waals surface area contributed by atoms with Gasteiger partial charge in [-0.1, -0.05) is 12.1 Å². The number of amides is 2. The SMILES string of the molecule is Cc1ccc([C@](C)(O)CNC(=O)N[C@H]2C[C@H]2c2cccc(F)c2)o1. The number of hydrogen-bond donors (Lipinski definition) is 3. The first-order chi connectivity index (χ1) is 11.3. The summed E-state index contributed by atoms with van der Waals surface area (Å²) in [4.78, 5) is 12.0. The minimum atomic E-state index is -1.28. The number of hydrogen-bond acceptors (Lipinski definition) is 3. The van der Waals surface area contributed by atoms with E-state index in [9.17, 15) is 14.3 Å². The van der Waals surface area contributed by atoms with Crippen molar-refractivity contribution in [3.63, 3.8) is 0 Å². The molecule has 0 spiro atoms. The number of carbonyl (C=O) groups is 1. The molecule has 0 bridgehead atoms. The normalized spacial score (nSPS) is 21.8. The molecule has 3 atom stereocenters. The summed E-state index contributed by atoms with van der Waals surface area (Å²) in [6.45, 7) is 3.40. The Kier molecular flexibility index (Phi) is 4.32. The van der Waals surface area contributed by atoms with E-state index in [4.69, 9.17) is 4.42 Å². The molecule has 24 heavy (non-hydrogen) atoms. The van der Waals surface area contributed by atoms with Gasteiger partial charge in [-0.3, -0.25) is 0 Å².